The number of hydrogen-bond acceptors (Lipinski definition) is 5. The van der Waals surface area contributed by atoms with Crippen molar-refractivity contribution in [3.63, 3.8) is 0 Å². The van der Waals surface area contributed by atoms with Crippen molar-refractivity contribution in [2.24, 2.45) is 0 Å². The second-order valence-electron chi connectivity index (χ2n) is 6.52. The van der Waals surface area contributed by atoms with Gasteiger partial charge in [-0.05, 0) is 43.7 Å². The third-order valence-electron chi connectivity index (χ3n) is 4.50. The highest BCUT2D eigenvalue weighted by atomic mass is 16.5. The lowest BCUT2D eigenvalue weighted by Gasteiger charge is -2.29. The zero-order valence-electron chi connectivity index (χ0n) is 16.7. The molecule has 3 rings (SSSR count). The molecule has 1 atom stereocenters. The van der Waals surface area contributed by atoms with E-state index >= 15 is 0 Å². The Balaban J connectivity index is 1.94. The molecule has 7 nitrogen and oxygen atoms in total. The van der Waals surface area contributed by atoms with Crippen molar-refractivity contribution in [3.05, 3.63) is 70.9 Å². The summed E-state index contributed by atoms with van der Waals surface area (Å²) in [5, 5.41) is 5.48. The van der Waals surface area contributed by atoms with Crippen molar-refractivity contribution in [3.8, 4) is 11.5 Å². The Morgan fingerprint density at radius 3 is 2.31 bits per heavy atom. The summed E-state index contributed by atoms with van der Waals surface area (Å²) in [5.41, 5.74) is 2.52. The molecule has 1 aliphatic rings. The molecule has 0 fully saturated rings. The van der Waals surface area contributed by atoms with E-state index < -0.39 is 18.0 Å². The number of urea groups is 1. The Kier molecular flexibility index (Phi) is 6.39. The van der Waals surface area contributed by atoms with Crippen LogP contribution in [-0.2, 0) is 9.53 Å². The van der Waals surface area contributed by atoms with Gasteiger partial charge in [-0.3, -0.25) is 0 Å². The second-order valence-corrected chi connectivity index (χ2v) is 6.52. The van der Waals surface area contributed by atoms with Gasteiger partial charge in [-0.2, -0.15) is 0 Å². The number of aryl methyl sites for hydroxylation is 1. The summed E-state index contributed by atoms with van der Waals surface area (Å²) in [5.74, 6) is 0.807. The highest BCUT2D eigenvalue weighted by Crippen LogP contribution is 2.29. The summed E-state index contributed by atoms with van der Waals surface area (Å²) in [6.45, 7) is 3.96. The van der Waals surface area contributed by atoms with Crippen molar-refractivity contribution in [1.29, 1.82) is 0 Å². The molecular formula is C22H24N2O5. The summed E-state index contributed by atoms with van der Waals surface area (Å²) < 4.78 is 16.2. The maximum atomic E-state index is 12.7. The number of benzene rings is 2. The van der Waals surface area contributed by atoms with Gasteiger partial charge in [-0.1, -0.05) is 29.8 Å². The minimum atomic E-state index is -0.662. The van der Waals surface area contributed by atoms with Crippen LogP contribution in [0.5, 0.6) is 11.5 Å². The van der Waals surface area contributed by atoms with Crippen LogP contribution in [0.25, 0.3) is 0 Å². The topological polar surface area (TPSA) is 85.9 Å². The normalized spacial score (nSPS) is 16.0. The summed E-state index contributed by atoms with van der Waals surface area (Å²) in [6.07, 6.45) is 0. The third-order valence-corrected chi connectivity index (χ3v) is 4.50. The van der Waals surface area contributed by atoms with Gasteiger partial charge in [0.05, 0.1) is 31.0 Å². The molecule has 7 heteroatoms. The molecule has 29 heavy (non-hydrogen) atoms. The standard InChI is InChI=1S/C22H24N2O5/c1-4-28-21(25)19-18(13-29-17-9-5-14(2)6-10-17)23-22(26)24-20(19)15-7-11-16(27-3)12-8-15/h5-12,20H,4,13H2,1-3H3,(H2,23,24,26)/t20-/m1/s1. The summed E-state index contributed by atoms with van der Waals surface area (Å²) in [4.78, 5) is 25.0. The number of ether oxygens (including phenoxy) is 3. The first-order chi connectivity index (χ1) is 14.0. The number of amides is 2. The maximum Gasteiger partial charge on any atom is 0.338 e. The summed E-state index contributed by atoms with van der Waals surface area (Å²) >= 11 is 0. The van der Waals surface area contributed by atoms with Crippen LogP contribution < -0.4 is 20.1 Å². The van der Waals surface area contributed by atoms with E-state index in [-0.39, 0.29) is 13.2 Å². The quantitative estimate of drug-likeness (QED) is 0.702. The highest BCUT2D eigenvalue weighted by molar-refractivity contribution is 5.95. The molecule has 0 saturated heterocycles. The van der Waals surface area contributed by atoms with Gasteiger partial charge >= 0.3 is 12.0 Å². The fourth-order valence-electron chi connectivity index (χ4n) is 3.02. The minimum absolute atomic E-state index is 0.0251. The monoisotopic (exact) mass is 396 g/mol. The Bertz CT molecular complexity index is 904. The third kappa shape index (κ3) is 4.87. The van der Waals surface area contributed by atoms with E-state index in [1.54, 1.807) is 38.3 Å². The number of rotatable bonds is 7. The van der Waals surface area contributed by atoms with Gasteiger partial charge in [-0.15, -0.1) is 0 Å². The maximum absolute atomic E-state index is 12.7. The van der Waals surface area contributed by atoms with E-state index in [0.29, 0.717) is 22.8 Å². The number of carbonyl (C=O) groups excluding carboxylic acids is 2. The van der Waals surface area contributed by atoms with Crippen molar-refractivity contribution >= 4 is 12.0 Å². The van der Waals surface area contributed by atoms with Gasteiger partial charge in [0.25, 0.3) is 0 Å². The molecule has 2 amide bonds. The largest absolute Gasteiger partial charge is 0.497 e. The minimum Gasteiger partial charge on any atom is -0.497 e. The molecule has 1 aliphatic heterocycles. The van der Waals surface area contributed by atoms with Crippen LogP contribution in [0.2, 0.25) is 0 Å². The molecule has 0 radical (unpaired) electrons. The molecule has 2 aromatic carbocycles. The van der Waals surface area contributed by atoms with Crippen LogP contribution in [0, 0.1) is 6.92 Å². The average molecular weight is 396 g/mol. The summed E-state index contributed by atoms with van der Waals surface area (Å²) in [6, 6.07) is 13.6. The zero-order valence-corrected chi connectivity index (χ0v) is 16.7. The van der Waals surface area contributed by atoms with Crippen molar-refractivity contribution in [2.75, 3.05) is 20.3 Å². The van der Waals surface area contributed by atoms with Crippen LogP contribution in [-0.4, -0.2) is 32.3 Å². The first-order valence-corrected chi connectivity index (χ1v) is 9.33. The van der Waals surface area contributed by atoms with Crippen LogP contribution in [0.1, 0.15) is 24.1 Å². The molecular weight excluding hydrogens is 372 g/mol. The molecule has 0 aliphatic carbocycles. The fraction of sp³-hybridized carbons (Fsp3) is 0.273. The Labute approximate surface area is 169 Å². The van der Waals surface area contributed by atoms with Crippen molar-refractivity contribution in [1.82, 2.24) is 10.6 Å². The van der Waals surface area contributed by atoms with E-state index in [1.165, 1.54) is 0 Å². The lowest BCUT2D eigenvalue weighted by atomic mass is 9.95. The van der Waals surface area contributed by atoms with E-state index in [4.69, 9.17) is 14.2 Å². The number of esters is 1. The predicted octanol–water partition coefficient (Wildman–Crippen LogP) is 3.25. The Morgan fingerprint density at radius 2 is 1.69 bits per heavy atom. The van der Waals surface area contributed by atoms with E-state index in [1.807, 2.05) is 31.2 Å². The molecule has 0 aromatic heterocycles. The SMILES string of the molecule is CCOC(=O)C1=C(COc2ccc(C)cc2)NC(=O)N[C@@H]1c1ccc(OC)cc1. The Hall–Kier alpha value is -3.48. The molecule has 2 aromatic rings. The average Bonchev–Trinajstić information content (AvgIpc) is 2.73. The number of hydrogen-bond donors (Lipinski definition) is 2. The van der Waals surface area contributed by atoms with Crippen LogP contribution in [0.4, 0.5) is 4.79 Å². The predicted molar refractivity (Wildman–Crippen MR) is 108 cm³/mol. The van der Waals surface area contributed by atoms with Crippen LogP contribution in [0.3, 0.4) is 0 Å². The van der Waals surface area contributed by atoms with E-state index in [2.05, 4.69) is 10.6 Å². The van der Waals surface area contributed by atoms with Crippen molar-refractivity contribution < 1.29 is 23.8 Å². The fourth-order valence-corrected chi connectivity index (χ4v) is 3.02. The lowest BCUT2D eigenvalue weighted by Crippen LogP contribution is -2.47. The smallest absolute Gasteiger partial charge is 0.338 e. The molecule has 1 heterocycles. The highest BCUT2D eigenvalue weighted by Gasteiger charge is 2.34. The first-order valence-electron chi connectivity index (χ1n) is 9.33. The van der Waals surface area contributed by atoms with E-state index in [0.717, 1.165) is 11.1 Å². The molecule has 0 spiro atoms. The second kappa shape index (κ2) is 9.14. The van der Waals surface area contributed by atoms with Gasteiger partial charge in [-0.25, -0.2) is 9.59 Å². The van der Waals surface area contributed by atoms with Gasteiger partial charge < -0.3 is 24.8 Å². The molecule has 0 bridgehead atoms. The zero-order chi connectivity index (χ0) is 20.8. The lowest BCUT2D eigenvalue weighted by molar-refractivity contribution is -0.139. The van der Waals surface area contributed by atoms with Crippen LogP contribution in [0.15, 0.2) is 59.8 Å². The Morgan fingerprint density at radius 1 is 1.03 bits per heavy atom. The molecule has 0 saturated carbocycles. The van der Waals surface area contributed by atoms with Gasteiger partial charge in [0.15, 0.2) is 0 Å². The molecule has 152 valence electrons. The van der Waals surface area contributed by atoms with E-state index in [9.17, 15) is 9.59 Å². The van der Waals surface area contributed by atoms with Crippen molar-refractivity contribution in [2.45, 2.75) is 19.9 Å². The molecule has 0 unspecified atom stereocenters. The first kappa shape index (κ1) is 20.3. The van der Waals surface area contributed by atoms with Gasteiger partial charge in [0.1, 0.15) is 18.1 Å². The van der Waals surface area contributed by atoms with Gasteiger partial charge in [0, 0.05) is 0 Å². The van der Waals surface area contributed by atoms with Crippen LogP contribution >= 0.6 is 0 Å². The number of methoxy groups -OCH3 is 1. The number of carbonyl (C=O) groups is 2. The number of nitrogens with one attached hydrogen (secondary N) is 2. The molecule has 2 N–H and O–H groups in total. The summed E-state index contributed by atoms with van der Waals surface area (Å²) in [7, 11) is 1.58. The van der Waals surface area contributed by atoms with Gasteiger partial charge in [0.2, 0.25) is 0 Å².